The highest BCUT2D eigenvalue weighted by molar-refractivity contribution is 14.1. The molecule has 5 heteroatoms. The average molecular weight is 399 g/mol. The Balaban J connectivity index is 2.43. The third-order valence-corrected chi connectivity index (χ3v) is 5.02. The molecule has 0 bridgehead atoms. The van der Waals surface area contributed by atoms with Crippen molar-refractivity contribution < 1.29 is 4.74 Å². The molecule has 21 heavy (non-hydrogen) atoms. The number of aryl methyl sites for hydroxylation is 2. The van der Waals surface area contributed by atoms with Gasteiger partial charge in [0.05, 0.1) is 34.3 Å². The smallest absolute Gasteiger partial charge is 0.128 e. The normalized spacial score (nSPS) is 11.0. The summed E-state index contributed by atoms with van der Waals surface area (Å²) in [5.74, 6) is 0.926. The fourth-order valence-corrected chi connectivity index (χ4v) is 3.75. The molecule has 0 aliphatic heterocycles. The van der Waals surface area contributed by atoms with Gasteiger partial charge in [0.1, 0.15) is 5.75 Å². The van der Waals surface area contributed by atoms with Crippen LogP contribution in [0.3, 0.4) is 0 Å². The third-order valence-electron chi connectivity index (χ3n) is 3.78. The maximum Gasteiger partial charge on any atom is 0.128 e. The van der Waals surface area contributed by atoms with E-state index in [0.717, 1.165) is 35.4 Å². The van der Waals surface area contributed by atoms with Crippen molar-refractivity contribution in [3.8, 4) is 5.75 Å². The maximum atomic E-state index is 5.49. The SMILES string of the molecule is CCc1nn(Cc2ncc(C)c(OC)c2C)c(CC)c1I. The Hall–Kier alpha value is -1.11. The first-order chi connectivity index (χ1) is 10.0. The summed E-state index contributed by atoms with van der Waals surface area (Å²) in [6, 6.07) is 0. The number of pyridine rings is 1. The zero-order valence-corrected chi connectivity index (χ0v) is 15.5. The van der Waals surface area contributed by atoms with E-state index in [1.807, 2.05) is 13.1 Å². The molecule has 0 spiro atoms. The molecule has 2 heterocycles. The largest absolute Gasteiger partial charge is 0.496 e. The summed E-state index contributed by atoms with van der Waals surface area (Å²) >= 11 is 2.40. The van der Waals surface area contributed by atoms with E-state index in [-0.39, 0.29) is 0 Å². The number of hydrogen-bond acceptors (Lipinski definition) is 3. The van der Waals surface area contributed by atoms with E-state index in [9.17, 15) is 0 Å². The van der Waals surface area contributed by atoms with Crippen molar-refractivity contribution in [3.63, 3.8) is 0 Å². The Kier molecular flexibility index (Phi) is 5.24. The summed E-state index contributed by atoms with van der Waals surface area (Å²) in [7, 11) is 1.71. The first-order valence-corrected chi connectivity index (χ1v) is 8.34. The fourth-order valence-electron chi connectivity index (χ4n) is 2.60. The van der Waals surface area contributed by atoms with Crippen LogP contribution < -0.4 is 4.74 Å². The van der Waals surface area contributed by atoms with E-state index in [4.69, 9.17) is 9.84 Å². The lowest BCUT2D eigenvalue weighted by atomic mass is 10.1. The maximum absolute atomic E-state index is 5.49. The second-order valence-electron chi connectivity index (χ2n) is 5.12. The van der Waals surface area contributed by atoms with Gasteiger partial charge in [-0.2, -0.15) is 5.10 Å². The lowest BCUT2D eigenvalue weighted by Gasteiger charge is -2.13. The predicted octanol–water partition coefficient (Wildman–Crippen LogP) is 3.68. The zero-order valence-electron chi connectivity index (χ0n) is 13.3. The van der Waals surface area contributed by atoms with Gasteiger partial charge in [0.25, 0.3) is 0 Å². The van der Waals surface area contributed by atoms with E-state index in [1.54, 1.807) is 7.11 Å². The van der Waals surface area contributed by atoms with Crippen LogP contribution in [0.5, 0.6) is 5.75 Å². The van der Waals surface area contributed by atoms with Crippen molar-refractivity contribution in [1.82, 2.24) is 14.8 Å². The van der Waals surface area contributed by atoms with Crippen molar-refractivity contribution >= 4 is 22.6 Å². The zero-order chi connectivity index (χ0) is 15.6. The molecule has 0 amide bonds. The van der Waals surface area contributed by atoms with Gasteiger partial charge in [0.2, 0.25) is 0 Å². The van der Waals surface area contributed by atoms with E-state index in [1.165, 1.54) is 15.0 Å². The molecule has 0 aliphatic carbocycles. The Morgan fingerprint density at radius 1 is 1.19 bits per heavy atom. The standard InChI is InChI=1S/C16H22IN3O/c1-6-12-15(17)14(7-2)20(19-12)9-13-11(4)16(21-5)10(3)8-18-13/h8H,6-7,9H2,1-5H3. The van der Waals surface area contributed by atoms with Gasteiger partial charge in [-0.15, -0.1) is 0 Å². The first-order valence-electron chi connectivity index (χ1n) is 7.26. The van der Waals surface area contributed by atoms with Gasteiger partial charge in [-0.3, -0.25) is 9.67 Å². The molecule has 0 fully saturated rings. The highest BCUT2D eigenvalue weighted by atomic mass is 127. The summed E-state index contributed by atoms with van der Waals surface area (Å²) in [5, 5.41) is 4.74. The van der Waals surface area contributed by atoms with Gasteiger partial charge < -0.3 is 4.74 Å². The number of halogens is 1. The summed E-state index contributed by atoms with van der Waals surface area (Å²) in [6.07, 6.45) is 3.82. The van der Waals surface area contributed by atoms with Crippen molar-refractivity contribution in [2.24, 2.45) is 0 Å². The molecular formula is C16H22IN3O. The molecule has 2 aromatic rings. The monoisotopic (exact) mass is 399 g/mol. The second kappa shape index (κ2) is 6.77. The predicted molar refractivity (Wildman–Crippen MR) is 93.1 cm³/mol. The number of rotatable bonds is 5. The van der Waals surface area contributed by atoms with Crippen LogP contribution in [0.4, 0.5) is 0 Å². The fraction of sp³-hybridized carbons (Fsp3) is 0.500. The van der Waals surface area contributed by atoms with Crippen LogP contribution >= 0.6 is 22.6 Å². The minimum Gasteiger partial charge on any atom is -0.496 e. The molecule has 0 saturated carbocycles. The van der Waals surface area contributed by atoms with Gasteiger partial charge >= 0.3 is 0 Å². The highest BCUT2D eigenvalue weighted by Gasteiger charge is 2.16. The van der Waals surface area contributed by atoms with Gasteiger partial charge in [-0.25, -0.2) is 0 Å². The summed E-state index contributed by atoms with van der Waals surface area (Å²) in [6.45, 7) is 9.10. The third kappa shape index (κ3) is 3.07. The van der Waals surface area contributed by atoms with Crippen LogP contribution in [0.1, 0.15) is 42.1 Å². The Morgan fingerprint density at radius 2 is 1.90 bits per heavy atom. The van der Waals surface area contributed by atoms with Crippen molar-refractivity contribution in [2.45, 2.75) is 47.1 Å². The molecule has 4 nitrogen and oxygen atoms in total. The molecule has 2 aromatic heterocycles. The molecule has 0 unspecified atom stereocenters. The van der Waals surface area contributed by atoms with E-state index < -0.39 is 0 Å². The van der Waals surface area contributed by atoms with Gasteiger partial charge in [0.15, 0.2) is 0 Å². The van der Waals surface area contributed by atoms with Crippen molar-refractivity contribution in [3.05, 3.63) is 38.0 Å². The van der Waals surface area contributed by atoms with E-state index >= 15 is 0 Å². The van der Waals surface area contributed by atoms with Crippen LogP contribution in [0.2, 0.25) is 0 Å². The molecule has 2 rings (SSSR count). The first kappa shape index (κ1) is 16.3. The van der Waals surface area contributed by atoms with Crippen LogP contribution in [-0.2, 0) is 19.4 Å². The van der Waals surface area contributed by atoms with Crippen molar-refractivity contribution in [1.29, 1.82) is 0 Å². The lowest BCUT2D eigenvalue weighted by molar-refractivity contribution is 0.406. The second-order valence-corrected chi connectivity index (χ2v) is 6.20. The number of methoxy groups -OCH3 is 1. The molecule has 0 aromatic carbocycles. The molecule has 0 atom stereocenters. The topological polar surface area (TPSA) is 39.9 Å². The Labute approximate surface area is 140 Å². The van der Waals surface area contributed by atoms with Crippen LogP contribution in [0.25, 0.3) is 0 Å². The molecule has 0 radical (unpaired) electrons. The molecule has 0 saturated heterocycles. The van der Waals surface area contributed by atoms with Gasteiger partial charge in [0, 0.05) is 17.3 Å². The summed E-state index contributed by atoms with van der Waals surface area (Å²) < 4.78 is 8.86. The van der Waals surface area contributed by atoms with Crippen LogP contribution in [0.15, 0.2) is 6.20 Å². The highest BCUT2D eigenvalue weighted by Crippen LogP contribution is 2.25. The van der Waals surface area contributed by atoms with E-state index in [0.29, 0.717) is 6.54 Å². The Bertz CT molecular complexity index is 649. The van der Waals surface area contributed by atoms with Crippen molar-refractivity contribution in [2.75, 3.05) is 7.11 Å². The van der Waals surface area contributed by atoms with Gasteiger partial charge in [-0.1, -0.05) is 13.8 Å². The van der Waals surface area contributed by atoms with E-state index in [2.05, 4.69) is 53.0 Å². The minimum absolute atomic E-state index is 0.696. The number of ether oxygens (including phenoxy) is 1. The quantitative estimate of drug-likeness (QED) is 0.721. The lowest BCUT2D eigenvalue weighted by Crippen LogP contribution is -2.10. The molecular weight excluding hydrogens is 377 g/mol. The molecule has 114 valence electrons. The van der Waals surface area contributed by atoms with Crippen LogP contribution in [-0.4, -0.2) is 21.9 Å². The minimum atomic E-state index is 0.696. The molecule has 0 N–H and O–H groups in total. The Morgan fingerprint density at radius 3 is 2.48 bits per heavy atom. The molecule has 0 aliphatic rings. The summed E-state index contributed by atoms with van der Waals surface area (Å²) in [5.41, 5.74) is 5.65. The summed E-state index contributed by atoms with van der Waals surface area (Å²) in [4.78, 5) is 4.58. The number of aromatic nitrogens is 3. The van der Waals surface area contributed by atoms with Crippen LogP contribution in [0, 0.1) is 17.4 Å². The average Bonchev–Trinajstić information content (AvgIpc) is 2.78. The van der Waals surface area contributed by atoms with Gasteiger partial charge in [-0.05, 0) is 49.3 Å². The number of nitrogens with zero attached hydrogens (tertiary/aromatic N) is 3. The number of hydrogen-bond donors (Lipinski definition) is 0.